The Labute approximate surface area is 419 Å². The van der Waals surface area contributed by atoms with E-state index in [9.17, 15) is 0 Å². The maximum Gasteiger partial charge on any atom is 0.128 e. The maximum atomic E-state index is 9.16. The number of rotatable bonds is 8. The average Bonchev–Trinajstić information content (AvgIpc) is 3.95. The summed E-state index contributed by atoms with van der Waals surface area (Å²) in [6.45, 7) is 13.4. The summed E-state index contributed by atoms with van der Waals surface area (Å²) in [4.78, 5) is 9.65. The van der Waals surface area contributed by atoms with Gasteiger partial charge in [-0.1, -0.05) is 169 Å². The zero-order valence-electron chi connectivity index (χ0n) is 43.4. The first-order valence-electron chi connectivity index (χ1n) is 24.9. The van der Waals surface area contributed by atoms with Crippen molar-refractivity contribution in [3.05, 3.63) is 211 Å². The van der Waals surface area contributed by atoms with Gasteiger partial charge in [0.1, 0.15) is 5.58 Å². The van der Waals surface area contributed by atoms with Crippen LogP contribution in [0.5, 0.6) is 0 Å². The second kappa shape index (κ2) is 19.4. The minimum atomic E-state index is -1.43. The van der Waals surface area contributed by atoms with Crippen LogP contribution in [0.3, 0.4) is 0 Å². The van der Waals surface area contributed by atoms with Crippen LogP contribution >= 0.6 is 0 Å². The number of benzene rings is 8. The van der Waals surface area contributed by atoms with E-state index in [-0.39, 0.29) is 20.1 Å². The minimum Gasteiger partial charge on any atom is -0.500 e. The molecule has 0 N–H and O–H groups in total. The van der Waals surface area contributed by atoms with Crippen molar-refractivity contribution in [2.75, 3.05) is 0 Å². The van der Waals surface area contributed by atoms with Crippen LogP contribution in [0.4, 0.5) is 0 Å². The van der Waals surface area contributed by atoms with Crippen molar-refractivity contribution in [3.8, 4) is 50.6 Å². The van der Waals surface area contributed by atoms with E-state index in [1.807, 2.05) is 170 Å². The van der Waals surface area contributed by atoms with Gasteiger partial charge in [-0.2, -0.15) is 0 Å². The number of hydrogen-bond acceptors (Lipinski definition) is 3. The summed E-state index contributed by atoms with van der Waals surface area (Å²) in [7, 11) is 0. The molecular formula is C63H55IrN3O-2. The molecule has 11 rings (SSSR count). The summed E-state index contributed by atoms with van der Waals surface area (Å²) in [6.07, 6.45) is 0.378. The van der Waals surface area contributed by atoms with E-state index in [1.165, 1.54) is 0 Å². The second-order valence-electron chi connectivity index (χ2n) is 18.6. The van der Waals surface area contributed by atoms with E-state index in [2.05, 4.69) is 76.3 Å². The fraction of sp³-hybridized carbons (Fsp3) is 0.175. The van der Waals surface area contributed by atoms with Gasteiger partial charge in [-0.3, -0.25) is 4.98 Å². The fourth-order valence-electron chi connectivity index (χ4n) is 8.99. The second-order valence-corrected chi connectivity index (χ2v) is 18.6. The number of imidazole rings is 1. The Balaban J connectivity index is 0.000000175. The van der Waals surface area contributed by atoms with Gasteiger partial charge in [0.25, 0.3) is 0 Å². The summed E-state index contributed by atoms with van der Waals surface area (Å²) >= 11 is 0. The molecule has 0 bridgehead atoms. The first-order chi connectivity index (χ1) is 33.9. The third kappa shape index (κ3) is 9.22. The summed E-state index contributed by atoms with van der Waals surface area (Å²) < 4.78 is 44.0. The maximum absolute atomic E-state index is 9.16. The van der Waals surface area contributed by atoms with Crippen LogP contribution in [0, 0.1) is 17.5 Å². The Kier molecular flexibility index (Phi) is 11.8. The smallest absolute Gasteiger partial charge is 0.128 e. The van der Waals surface area contributed by atoms with Gasteiger partial charge in [0.15, 0.2) is 0 Å². The Morgan fingerprint density at radius 3 is 2.01 bits per heavy atom. The molecule has 4 nitrogen and oxygen atoms in total. The SMILES string of the molecule is [2H]C(C)(C)c1cc(-c2ccccc2)cc(C([2H])(C)C)c1-n1c(-c2[c-]cccc2)nc2ccccc21.[2H]C([2H])(c1ccc(-c2ccnc(-c3[c-]ccc4c3oc3c5ccccc5ccc43)c2)cc1)C(C)(C)C.[Ir]. The first-order valence-corrected chi connectivity index (χ1v) is 22.9. The van der Waals surface area contributed by atoms with Gasteiger partial charge in [0, 0.05) is 48.2 Å². The van der Waals surface area contributed by atoms with Crippen molar-refractivity contribution in [3.63, 3.8) is 0 Å². The molecule has 0 aliphatic rings. The molecule has 0 amide bonds. The van der Waals surface area contributed by atoms with Crippen molar-refractivity contribution < 1.29 is 30.0 Å². The standard InChI is InChI=1S/C32H26NO.C31H29N2.Ir/c1-32(2,3)20-21-11-13-22(14-12-21)24-17-18-33-29(19-24)28-10-6-9-26-27-16-15-23-7-4-5-8-25(23)30(27)34-31(26)28;1-21(2)26-19-25(23-13-7-5-8-14-23)20-27(22(3)4)30(26)33-29-18-12-11-17-28(29)32-31(33)24-15-9-6-10-16-24;/h4-9,11-19H,20H2,1-3H3;5-15,17-22H,1-4H3;/q2*-1;/i20D2;21D,22D;. The quantitative estimate of drug-likeness (QED) is 0.142. The van der Waals surface area contributed by atoms with E-state index >= 15 is 0 Å². The topological polar surface area (TPSA) is 43.9 Å². The number of hydrogen-bond donors (Lipinski definition) is 0. The van der Waals surface area contributed by atoms with Gasteiger partial charge in [-0.25, -0.2) is 0 Å². The molecule has 0 atom stereocenters. The number of aromatic nitrogens is 3. The molecule has 3 aromatic heterocycles. The Morgan fingerprint density at radius 1 is 0.618 bits per heavy atom. The number of furan rings is 1. The summed E-state index contributed by atoms with van der Waals surface area (Å²) in [5.74, 6) is -1.07. The van der Waals surface area contributed by atoms with E-state index in [4.69, 9.17) is 14.9 Å². The molecule has 8 aromatic carbocycles. The van der Waals surface area contributed by atoms with Crippen LogP contribution in [-0.2, 0) is 26.5 Å². The fourth-order valence-corrected chi connectivity index (χ4v) is 8.99. The van der Waals surface area contributed by atoms with E-state index in [0.717, 1.165) is 105 Å². The van der Waals surface area contributed by atoms with Crippen molar-refractivity contribution in [1.29, 1.82) is 0 Å². The third-order valence-corrected chi connectivity index (χ3v) is 12.1. The molecule has 0 saturated heterocycles. The van der Waals surface area contributed by atoms with Gasteiger partial charge in [0.05, 0.1) is 22.4 Å². The zero-order chi connectivity index (χ0) is 49.9. The van der Waals surface area contributed by atoms with E-state index < -0.39 is 23.6 Å². The predicted octanol–water partition coefficient (Wildman–Crippen LogP) is 17.3. The third-order valence-electron chi connectivity index (χ3n) is 12.1. The predicted molar refractivity (Wildman–Crippen MR) is 281 cm³/mol. The Bertz CT molecular complexity index is 3700. The van der Waals surface area contributed by atoms with Gasteiger partial charge >= 0.3 is 0 Å². The molecule has 11 aromatic rings. The van der Waals surface area contributed by atoms with Crippen molar-refractivity contribution in [1.82, 2.24) is 14.5 Å². The van der Waals surface area contributed by atoms with Crippen LogP contribution in [0.1, 0.15) is 82.4 Å². The molecule has 3 heterocycles. The molecule has 5 heteroatoms. The molecule has 0 spiro atoms. The summed E-state index contributed by atoms with van der Waals surface area (Å²) in [5, 5.41) is 4.37. The summed E-state index contributed by atoms with van der Waals surface area (Å²) in [6, 6.07) is 65.2. The monoisotopic (exact) mass is 1070 g/mol. The average molecular weight is 1070 g/mol. The van der Waals surface area contributed by atoms with E-state index in [0.29, 0.717) is 5.56 Å². The largest absolute Gasteiger partial charge is 0.500 e. The van der Waals surface area contributed by atoms with Gasteiger partial charge in [-0.15, -0.1) is 54.1 Å². The molecule has 0 aliphatic heterocycles. The minimum absolute atomic E-state index is 0. The van der Waals surface area contributed by atoms with Crippen molar-refractivity contribution >= 4 is 43.7 Å². The normalized spacial score (nSPS) is 13.0. The number of nitrogens with zero attached hydrogens (tertiary/aromatic N) is 3. The first kappa shape index (κ1) is 41.3. The van der Waals surface area contributed by atoms with Crippen LogP contribution in [0.2, 0.25) is 0 Å². The molecule has 0 unspecified atom stereocenters. The van der Waals surface area contributed by atoms with Crippen molar-refractivity contribution in [2.24, 2.45) is 5.41 Å². The molecule has 0 saturated carbocycles. The molecule has 1 radical (unpaired) electrons. The van der Waals surface area contributed by atoms with Crippen LogP contribution in [0.15, 0.2) is 187 Å². The van der Waals surface area contributed by atoms with Gasteiger partial charge in [-0.05, 0) is 104 Å². The van der Waals surface area contributed by atoms with Gasteiger partial charge in [0.2, 0.25) is 0 Å². The number of fused-ring (bicyclic) bond motifs is 6. The van der Waals surface area contributed by atoms with E-state index in [1.54, 1.807) is 6.20 Å². The van der Waals surface area contributed by atoms with Crippen LogP contribution in [0.25, 0.3) is 94.3 Å². The van der Waals surface area contributed by atoms with Crippen LogP contribution in [-0.4, -0.2) is 14.5 Å². The Morgan fingerprint density at radius 2 is 1.29 bits per heavy atom. The van der Waals surface area contributed by atoms with Crippen molar-refractivity contribution in [2.45, 2.75) is 66.6 Å². The number of para-hydroxylation sites is 2. The van der Waals surface area contributed by atoms with Gasteiger partial charge < -0.3 is 14.0 Å². The van der Waals surface area contributed by atoms with Crippen LogP contribution < -0.4 is 0 Å². The molecular weight excluding hydrogens is 1010 g/mol. The summed E-state index contributed by atoms with van der Waals surface area (Å²) in [5.41, 5.74) is 12.8. The zero-order valence-corrected chi connectivity index (χ0v) is 41.8. The molecule has 0 aliphatic carbocycles. The number of pyridine rings is 1. The molecule has 68 heavy (non-hydrogen) atoms. The molecule has 339 valence electrons. The Hall–Kier alpha value is -6.91. The molecule has 0 fully saturated rings.